The molecule has 0 aliphatic rings. The first-order valence-electron chi connectivity index (χ1n) is 7.44. The van der Waals surface area contributed by atoms with Crippen molar-refractivity contribution in [2.75, 3.05) is 0 Å². The van der Waals surface area contributed by atoms with E-state index < -0.39 is 23.8 Å². The van der Waals surface area contributed by atoms with Crippen LogP contribution < -0.4 is 5.32 Å². The molecule has 9 heteroatoms. The lowest BCUT2D eigenvalue weighted by Crippen LogP contribution is -2.38. The molecule has 0 spiro atoms. The maximum absolute atomic E-state index is 12.6. The molecule has 0 radical (unpaired) electrons. The molecule has 132 valence electrons. The fourth-order valence-corrected chi connectivity index (χ4v) is 2.34. The Morgan fingerprint density at radius 2 is 2.04 bits per heavy atom. The Hall–Kier alpha value is -2.32. The van der Waals surface area contributed by atoms with E-state index in [1.807, 2.05) is 6.92 Å². The second-order valence-corrected chi connectivity index (χ2v) is 5.77. The van der Waals surface area contributed by atoms with Crippen molar-refractivity contribution in [1.82, 2.24) is 20.3 Å². The van der Waals surface area contributed by atoms with Crippen LogP contribution in [-0.2, 0) is 17.4 Å². The van der Waals surface area contributed by atoms with Gasteiger partial charge in [0.1, 0.15) is 11.8 Å². The lowest BCUT2D eigenvalue weighted by atomic mass is 10.1. The molecule has 2 aromatic heterocycles. The molecule has 2 unspecified atom stereocenters. The molecule has 2 heterocycles. The van der Waals surface area contributed by atoms with Crippen molar-refractivity contribution in [3.05, 3.63) is 35.0 Å². The molecule has 0 aliphatic carbocycles. The van der Waals surface area contributed by atoms with E-state index in [0.717, 1.165) is 28.2 Å². The molecule has 0 saturated carbocycles. The highest BCUT2D eigenvalue weighted by Crippen LogP contribution is 2.27. The Kier molecular flexibility index (Phi) is 5.00. The summed E-state index contributed by atoms with van der Waals surface area (Å²) in [6.07, 6.45) is -2.86. The van der Waals surface area contributed by atoms with Crippen molar-refractivity contribution in [2.45, 2.75) is 52.4 Å². The molecule has 2 rings (SSSR count). The number of hydrogen-bond acceptors (Lipinski definition) is 4. The second-order valence-electron chi connectivity index (χ2n) is 5.77. The molecular formula is C15H19F3N4O2. The van der Waals surface area contributed by atoms with Crippen molar-refractivity contribution in [2.24, 2.45) is 0 Å². The zero-order valence-electron chi connectivity index (χ0n) is 13.8. The first kappa shape index (κ1) is 18.0. The highest BCUT2D eigenvalue weighted by molar-refractivity contribution is 5.80. The number of alkyl halides is 3. The predicted octanol–water partition coefficient (Wildman–Crippen LogP) is 2.82. The van der Waals surface area contributed by atoms with Gasteiger partial charge < -0.3 is 9.84 Å². The standard InChI is InChI=1S/C15H19F3N4O2/c1-8(7-12-9(2)21-24-11(12)4)19-14(23)10(3)22-6-5-13(20-22)15(16,17)18/h5-6,8,10H,7H2,1-4H3,(H,19,23). The van der Waals surface area contributed by atoms with Crippen LogP contribution in [0.4, 0.5) is 13.2 Å². The third-order valence-corrected chi connectivity index (χ3v) is 3.76. The van der Waals surface area contributed by atoms with Gasteiger partial charge in [-0.15, -0.1) is 0 Å². The summed E-state index contributed by atoms with van der Waals surface area (Å²) in [4.78, 5) is 12.2. The van der Waals surface area contributed by atoms with Crippen molar-refractivity contribution in [3.8, 4) is 0 Å². The summed E-state index contributed by atoms with van der Waals surface area (Å²) >= 11 is 0. The van der Waals surface area contributed by atoms with Crippen LogP contribution in [0, 0.1) is 13.8 Å². The van der Waals surface area contributed by atoms with Crippen LogP contribution in [0.2, 0.25) is 0 Å². The summed E-state index contributed by atoms with van der Waals surface area (Å²) in [5, 5.41) is 10.0. The van der Waals surface area contributed by atoms with Crippen LogP contribution in [0.25, 0.3) is 0 Å². The second kappa shape index (κ2) is 6.66. The van der Waals surface area contributed by atoms with Gasteiger partial charge in [-0.1, -0.05) is 5.16 Å². The number of aryl methyl sites for hydroxylation is 2. The van der Waals surface area contributed by atoms with Crippen molar-refractivity contribution >= 4 is 5.91 Å². The molecule has 0 aliphatic heterocycles. The Balaban J connectivity index is 1.99. The number of carbonyl (C=O) groups excluding carboxylic acids is 1. The van der Waals surface area contributed by atoms with Crippen molar-refractivity contribution in [3.63, 3.8) is 0 Å². The quantitative estimate of drug-likeness (QED) is 0.905. The Morgan fingerprint density at radius 3 is 2.54 bits per heavy atom. The number of halogens is 3. The first-order valence-corrected chi connectivity index (χ1v) is 7.44. The summed E-state index contributed by atoms with van der Waals surface area (Å²) in [5.41, 5.74) is 0.642. The topological polar surface area (TPSA) is 73.0 Å². The summed E-state index contributed by atoms with van der Waals surface area (Å²) < 4.78 is 43.8. The van der Waals surface area contributed by atoms with Crippen LogP contribution in [0.15, 0.2) is 16.8 Å². The van der Waals surface area contributed by atoms with Crippen LogP contribution in [-0.4, -0.2) is 26.9 Å². The SMILES string of the molecule is Cc1noc(C)c1CC(C)NC(=O)C(C)n1ccc(C(F)(F)F)n1. The van der Waals surface area contributed by atoms with Crippen LogP contribution in [0.5, 0.6) is 0 Å². The minimum absolute atomic E-state index is 0.227. The maximum atomic E-state index is 12.6. The number of aromatic nitrogens is 3. The van der Waals surface area contributed by atoms with E-state index in [1.165, 1.54) is 6.92 Å². The average molecular weight is 344 g/mol. The van der Waals surface area contributed by atoms with Crippen LogP contribution >= 0.6 is 0 Å². The van der Waals surface area contributed by atoms with Gasteiger partial charge in [-0.25, -0.2) is 0 Å². The van der Waals surface area contributed by atoms with Gasteiger partial charge in [-0.2, -0.15) is 18.3 Å². The molecule has 6 nitrogen and oxygen atoms in total. The summed E-state index contributed by atoms with van der Waals surface area (Å²) in [6.45, 7) is 6.89. The lowest BCUT2D eigenvalue weighted by molar-refractivity contribution is -0.142. The Labute approximate surface area is 137 Å². The van der Waals surface area contributed by atoms with E-state index in [0.29, 0.717) is 12.2 Å². The van der Waals surface area contributed by atoms with Crippen LogP contribution in [0.3, 0.4) is 0 Å². The average Bonchev–Trinajstić information content (AvgIpc) is 3.08. The van der Waals surface area contributed by atoms with E-state index >= 15 is 0 Å². The van der Waals surface area contributed by atoms with Gasteiger partial charge in [-0.05, 0) is 40.2 Å². The smallest absolute Gasteiger partial charge is 0.361 e. The molecule has 1 N–H and O–H groups in total. The zero-order valence-corrected chi connectivity index (χ0v) is 13.8. The van der Waals surface area contributed by atoms with Gasteiger partial charge in [-0.3, -0.25) is 9.48 Å². The normalized spacial score (nSPS) is 14.5. The highest BCUT2D eigenvalue weighted by Gasteiger charge is 2.34. The molecule has 24 heavy (non-hydrogen) atoms. The van der Waals surface area contributed by atoms with Gasteiger partial charge in [0, 0.05) is 17.8 Å². The summed E-state index contributed by atoms with van der Waals surface area (Å²) in [5.74, 6) is 0.273. The fraction of sp³-hybridized carbons (Fsp3) is 0.533. The minimum Gasteiger partial charge on any atom is -0.361 e. The number of nitrogens with one attached hydrogen (secondary N) is 1. The van der Waals surface area contributed by atoms with Gasteiger partial charge in [0.05, 0.1) is 5.69 Å². The van der Waals surface area contributed by atoms with E-state index in [2.05, 4.69) is 15.6 Å². The van der Waals surface area contributed by atoms with Crippen molar-refractivity contribution in [1.29, 1.82) is 0 Å². The number of carbonyl (C=O) groups is 1. The Bertz CT molecular complexity index is 701. The van der Waals surface area contributed by atoms with E-state index in [4.69, 9.17) is 4.52 Å². The Morgan fingerprint density at radius 1 is 1.38 bits per heavy atom. The summed E-state index contributed by atoms with van der Waals surface area (Å²) in [7, 11) is 0. The molecule has 2 aromatic rings. The third-order valence-electron chi connectivity index (χ3n) is 3.76. The largest absolute Gasteiger partial charge is 0.435 e. The molecule has 0 bridgehead atoms. The molecule has 0 aromatic carbocycles. The monoisotopic (exact) mass is 344 g/mol. The van der Waals surface area contributed by atoms with E-state index in [1.54, 1.807) is 13.8 Å². The van der Waals surface area contributed by atoms with Gasteiger partial charge >= 0.3 is 6.18 Å². The molecule has 0 saturated heterocycles. The van der Waals surface area contributed by atoms with Gasteiger partial charge in [0.2, 0.25) is 5.91 Å². The maximum Gasteiger partial charge on any atom is 0.435 e. The molecule has 2 atom stereocenters. The number of rotatable bonds is 5. The fourth-order valence-electron chi connectivity index (χ4n) is 2.34. The number of amides is 1. The highest BCUT2D eigenvalue weighted by atomic mass is 19.4. The predicted molar refractivity (Wildman–Crippen MR) is 79.2 cm³/mol. The minimum atomic E-state index is -4.53. The van der Waals surface area contributed by atoms with E-state index in [-0.39, 0.29) is 6.04 Å². The number of nitrogens with zero attached hydrogens (tertiary/aromatic N) is 3. The molecular weight excluding hydrogens is 325 g/mol. The third kappa shape index (κ3) is 3.95. The number of hydrogen-bond donors (Lipinski definition) is 1. The van der Waals surface area contributed by atoms with Gasteiger partial charge in [0.25, 0.3) is 0 Å². The lowest BCUT2D eigenvalue weighted by Gasteiger charge is -2.18. The van der Waals surface area contributed by atoms with Crippen molar-refractivity contribution < 1.29 is 22.5 Å². The van der Waals surface area contributed by atoms with Crippen LogP contribution in [0.1, 0.15) is 42.6 Å². The molecule has 0 fully saturated rings. The molecule has 1 amide bonds. The zero-order chi connectivity index (χ0) is 18.1. The first-order chi connectivity index (χ1) is 11.1. The van der Waals surface area contributed by atoms with Gasteiger partial charge in [0.15, 0.2) is 5.69 Å². The summed E-state index contributed by atoms with van der Waals surface area (Å²) in [6, 6.07) is -0.237. The van der Waals surface area contributed by atoms with E-state index in [9.17, 15) is 18.0 Å².